The Labute approximate surface area is 130 Å². The number of hydrogen-bond donors (Lipinski definition) is 0. The maximum atomic E-state index is 13.4. The first-order valence-corrected chi connectivity index (χ1v) is 7.53. The zero-order valence-electron chi connectivity index (χ0n) is 13.1. The molecule has 1 atom stereocenters. The normalized spacial score (nSPS) is 26.3. The van der Waals surface area contributed by atoms with Crippen molar-refractivity contribution in [1.82, 2.24) is 9.80 Å². The summed E-state index contributed by atoms with van der Waals surface area (Å²) in [6, 6.07) is 1.93. The summed E-state index contributed by atoms with van der Waals surface area (Å²) < 4.78 is 26.8. The van der Waals surface area contributed by atoms with Crippen molar-refractivity contribution in [2.75, 3.05) is 26.2 Å². The van der Waals surface area contributed by atoms with Crippen molar-refractivity contribution in [3.63, 3.8) is 0 Å². The molecule has 0 saturated carbocycles. The topological polar surface area (TPSA) is 47.3 Å². The van der Waals surface area contributed by atoms with Crippen molar-refractivity contribution in [2.24, 2.45) is 5.92 Å². The van der Waals surface area contributed by atoms with Gasteiger partial charge in [0.15, 0.2) is 0 Å². The maximum Gasteiger partial charge on any atom is 0.264 e. The summed E-state index contributed by atoms with van der Waals surface area (Å²) in [6.45, 7) is 8.49. The molecule has 0 aromatic heterocycles. The predicted molar refractivity (Wildman–Crippen MR) is 79.0 cm³/mol. The van der Waals surface area contributed by atoms with Gasteiger partial charge in [0.2, 0.25) is 0 Å². The minimum absolute atomic E-state index is 0.0225. The summed E-state index contributed by atoms with van der Waals surface area (Å²) in [5.74, 6) is -2.83. The Balaban J connectivity index is 2.14. The molecule has 0 spiro atoms. The van der Waals surface area contributed by atoms with Crippen LogP contribution in [0.15, 0.2) is 11.6 Å². The first kappa shape index (κ1) is 16.9. The molecule has 2 aliphatic heterocycles. The Bertz CT molecular complexity index is 522. The van der Waals surface area contributed by atoms with E-state index in [4.69, 9.17) is 0 Å². The number of nitriles is 1. The lowest BCUT2D eigenvalue weighted by Crippen LogP contribution is -2.43. The Kier molecular flexibility index (Phi) is 4.57. The lowest BCUT2D eigenvalue weighted by atomic mass is 9.99. The third-order valence-electron chi connectivity index (χ3n) is 4.41. The molecule has 4 nitrogen and oxygen atoms in total. The van der Waals surface area contributed by atoms with Crippen molar-refractivity contribution in [3.05, 3.63) is 18.6 Å². The molecule has 22 heavy (non-hydrogen) atoms. The van der Waals surface area contributed by atoms with Gasteiger partial charge in [0, 0.05) is 31.6 Å². The molecule has 2 fully saturated rings. The summed E-state index contributed by atoms with van der Waals surface area (Å²) >= 11 is 0. The van der Waals surface area contributed by atoms with Crippen molar-refractivity contribution >= 4 is 5.91 Å². The lowest BCUT2D eigenvalue weighted by Gasteiger charge is -2.33. The van der Waals surface area contributed by atoms with E-state index in [1.54, 1.807) is 23.6 Å². The van der Waals surface area contributed by atoms with E-state index < -0.39 is 11.5 Å². The van der Waals surface area contributed by atoms with Gasteiger partial charge in [0.05, 0.1) is 6.54 Å². The molecule has 2 rings (SSSR count). The Morgan fingerprint density at radius 3 is 2.59 bits per heavy atom. The number of halogens is 2. The number of amides is 1. The van der Waals surface area contributed by atoms with Gasteiger partial charge in [-0.25, -0.2) is 8.78 Å². The van der Waals surface area contributed by atoms with E-state index in [0.29, 0.717) is 13.1 Å². The van der Waals surface area contributed by atoms with Gasteiger partial charge >= 0.3 is 0 Å². The van der Waals surface area contributed by atoms with E-state index in [1.807, 2.05) is 6.07 Å². The molecule has 2 saturated heterocycles. The first-order chi connectivity index (χ1) is 10.1. The molecule has 2 aliphatic rings. The predicted octanol–water partition coefficient (Wildman–Crippen LogP) is 2.24. The highest BCUT2D eigenvalue weighted by molar-refractivity contribution is 5.97. The molecular weight excluding hydrogens is 288 g/mol. The third-order valence-corrected chi connectivity index (χ3v) is 4.41. The van der Waals surface area contributed by atoms with Crippen molar-refractivity contribution in [1.29, 1.82) is 5.26 Å². The first-order valence-electron chi connectivity index (χ1n) is 7.53. The number of likely N-dealkylation sites (tertiary alicyclic amines) is 2. The fraction of sp³-hybridized carbons (Fsp3) is 0.688. The van der Waals surface area contributed by atoms with Crippen LogP contribution >= 0.6 is 0 Å². The molecular formula is C16H22F2N3O. The summed E-state index contributed by atoms with van der Waals surface area (Å²) in [7, 11) is 0. The van der Waals surface area contributed by atoms with Crippen LogP contribution in [0.3, 0.4) is 0 Å². The van der Waals surface area contributed by atoms with E-state index >= 15 is 0 Å². The van der Waals surface area contributed by atoms with Crippen LogP contribution in [0.5, 0.6) is 0 Å². The van der Waals surface area contributed by atoms with Gasteiger partial charge in [-0.2, -0.15) is 5.26 Å². The summed E-state index contributed by atoms with van der Waals surface area (Å²) in [5, 5.41) is 9.28. The van der Waals surface area contributed by atoms with Crippen LogP contribution < -0.4 is 0 Å². The van der Waals surface area contributed by atoms with Crippen LogP contribution in [0.1, 0.15) is 26.7 Å². The minimum atomic E-state index is -2.70. The summed E-state index contributed by atoms with van der Waals surface area (Å²) in [4.78, 5) is 15.6. The number of hydrogen-bond acceptors (Lipinski definition) is 3. The zero-order chi connectivity index (χ0) is 16.5. The molecule has 0 unspecified atom stereocenters. The molecule has 6 heteroatoms. The van der Waals surface area contributed by atoms with Gasteiger partial charge in [-0.05, 0) is 39.2 Å². The molecule has 2 heterocycles. The Hall–Kier alpha value is -1.48. The fourth-order valence-corrected chi connectivity index (χ4v) is 3.00. The van der Waals surface area contributed by atoms with Crippen LogP contribution in [0, 0.1) is 24.2 Å². The van der Waals surface area contributed by atoms with Gasteiger partial charge in [-0.3, -0.25) is 9.69 Å². The van der Waals surface area contributed by atoms with Crippen LogP contribution in [0.25, 0.3) is 0 Å². The van der Waals surface area contributed by atoms with Gasteiger partial charge in [-0.1, -0.05) is 0 Å². The minimum Gasteiger partial charge on any atom is -0.338 e. The Morgan fingerprint density at radius 2 is 2.14 bits per heavy atom. The van der Waals surface area contributed by atoms with E-state index in [1.165, 1.54) is 6.08 Å². The van der Waals surface area contributed by atoms with Gasteiger partial charge in [-0.15, -0.1) is 0 Å². The maximum absolute atomic E-state index is 13.4. The number of nitrogens with zero attached hydrogens (tertiary/aromatic N) is 3. The molecule has 1 amide bonds. The van der Waals surface area contributed by atoms with E-state index in [-0.39, 0.29) is 36.9 Å². The van der Waals surface area contributed by atoms with E-state index in [2.05, 4.69) is 6.92 Å². The van der Waals surface area contributed by atoms with Crippen LogP contribution in [-0.2, 0) is 4.79 Å². The Morgan fingerprint density at radius 1 is 1.45 bits per heavy atom. The quantitative estimate of drug-likeness (QED) is 0.593. The molecule has 1 radical (unpaired) electrons. The van der Waals surface area contributed by atoms with Gasteiger partial charge in [0.1, 0.15) is 11.6 Å². The van der Waals surface area contributed by atoms with Gasteiger partial charge < -0.3 is 4.90 Å². The second-order valence-corrected chi connectivity index (χ2v) is 6.76. The van der Waals surface area contributed by atoms with Crippen LogP contribution in [0.4, 0.5) is 8.78 Å². The molecule has 0 aromatic rings. The summed E-state index contributed by atoms with van der Waals surface area (Å²) in [6.07, 6.45) is 2.16. The van der Waals surface area contributed by atoms with E-state index in [9.17, 15) is 18.8 Å². The largest absolute Gasteiger partial charge is 0.338 e. The van der Waals surface area contributed by atoms with Crippen LogP contribution in [-0.4, -0.2) is 53.3 Å². The second kappa shape index (κ2) is 5.96. The van der Waals surface area contributed by atoms with Crippen LogP contribution in [0.2, 0.25) is 0 Å². The highest BCUT2D eigenvalue weighted by Gasteiger charge is 2.43. The second-order valence-electron chi connectivity index (χ2n) is 6.76. The number of carbonyl (C=O) groups excluding carboxylic acids is 1. The van der Waals surface area contributed by atoms with Crippen molar-refractivity contribution in [3.8, 4) is 6.07 Å². The number of carbonyl (C=O) groups is 1. The van der Waals surface area contributed by atoms with Crippen molar-refractivity contribution in [2.45, 2.75) is 38.2 Å². The smallest absolute Gasteiger partial charge is 0.264 e. The third kappa shape index (κ3) is 3.64. The molecule has 0 bridgehead atoms. The standard InChI is InChI=1S/C16H22F2N3O/c1-12-4-6-20(10-12)14(22)13(9-19)8-15(2,3)21-7-5-16(17,18)11-21/h8,12H,1,4-7,10-11H2,2-3H3/t12-/m0/s1. The average Bonchev–Trinajstić information content (AvgIpc) is 3.01. The van der Waals surface area contributed by atoms with Gasteiger partial charge in [0.25, 0.3) is 11.8 Å². The highest BCUT2D eigenvalue weighted by atomic mass is 19.3. The number of rotatable bonds is 3. The van der Waals surface area contributed by atoms with E-state index in [0.717, 1.165) is 6.42 Å². The molecule has 0 N–H and O–H groups in total. The highest BCUT2D eigenvalue weighted by Crippen LogP contribution is 2.33. The lowest BCUT2D eigenvalue weighted by molar-refractivity contribution is -0.125. The fourth-order valence-electron chi connectivity index (χ4n) is 3.00. The summed E-state index contributed by atoms with van der Waals surface area (Å²) in [5.41, 5.74) is -0.737. The SMILES string of the molecule is [CH2][C@H]1CCN(C(=O)C(C#N)=CC(C)(C)N2CCC(F)(F)C2)C1. The molecule has 0 aliphatic carbocycles. The monoisotopic (exact) mass is 310 g/mol. The number of alkyl halides is 2. The zero-order valence-corrected chi connectivity index (χ0v) is 13.1. The van der Waals surface area contributed by atoms with Crippen molar-refractivity contribution < 1.29 is 13.6 Å². The molecule has 0 aromatic carbocycles. The average molecular weight is 310 g/mol. The molecule has 121 valence electrons.